The molecular formula is C21H25NO2. The minimum Gasteiger partial charge on any atom is -0.376 e. The minimum atomic E-state index is -0.0198. The average molecular weight is 323 g/mol. The molecule has 0 spiro atoms. The maximum absolute atomic E-state index is 12.8. The third kappa shape index (κ3) is 4.04. The molecule has 0 aromatic heterocycles. The minimum absolute atomic E-state index is 0.0198. The Kier molecular flexibility index (Phi) is 5.65. The highest BCUT2D eigenvalue weighted by molar-refractivity contribution is 5.80. The standard InChI is InChI=1S/C21H25NO2/c1-17(19-11-6-3-7-12-19)22-14-8-13-20(21(22)23)16-24-15-18-9-4-2-5-10-18/h2-7,9-12,17,20H,8,13-16H2,1H3/t17-,20-/m1/s1. The number of rotatable bonds is 6. The fraction of sp³-hybridized carbons (Fsp3) is 0.381. The molecule has 1 heterocycles. The van der Waals surface area contributed by atoms with Crippen molar-refractivity contribution < 1.29 is 9.53 Å². The van der Waals surface area contributed by atoms with E-state index in [1.165, 1.54) is 5.56 Å². The Labute approximate surface area is 144 Å². The van der Waals surface area contributed by atoms with Crippen molar-refractivity contribution >= 4 is 5.91 Å². The topological polar surface area (TPSA) is 29.5 Å². The number of carbonyl (C=O) groups is 1. The second-order valence-electron chi connectivity index (χ2n) is 6.46. The van der Waals surface area contributed by atoms with Gasteiger partial charge in [-0.05, 0) is 30.9 Å². The van der Waals surface area contributed by atoms with Gasteiger partial charge in [-0.3, -0.25) is 4.79 Å². The van der Waals surface area contributed by atoms with Crippen LogP contribution in [-0.2, 0) is 16.1 Å². The highest BCUT2D eigenvalue weighted by atomic mass is 16.5. The van der Waals surface area contributed by atoms with Crippen molar-refractivity contribution in [3.05, 3.63) is 71.8 Å². The molecule has 1 fully saturated rings. The number of hydrogen-bond acceptors (Lipinski definition) is 2. The Morgan fingerprint density at radius 2 is 1.75 bits per heavy atom. The Bertz CT molecular complexity index is 641. The first-order valence-corrected chi connectivity index (χ1v) is 8.73. The molecular weight excluding hydrogens is 298 g/mol. The van der Waals surface area contributed by atoms with Crippen molar-refractivity contribution in [1.82, 2.24) is 4.90 Å². The van der Waals surface area contributed by atoms with Crippen LogP contribution in [0.5, 0.6) is 0 Å². The van der Waals surface area contributed by atoms with E-state index in [1.54, 1.807) is 0 Å². The van der Waals surface area contributed by atoms with Crippen molar-refractivity contribution in [2.45, 2.75) is 32.4 Å². The molecule has 3 heteroatoms. The van der Waals surface area contributed by atoms with E-state index in [-0.39, 0.29) is 17.9 Å². The lowest BCUT2D eigenvalue weighted by Crippen LogP contribution is -2.44. The van der Waals surface area contributed by atoms with Crippen LogP contribution >= 0.6 is 0 Å². The van der Waals surface area contributed by atoms with Gasteiger partial charge >= 0.3 is 0 Å². The van der Waals surface area contributed by atoms with Gasteiger partial charge in [0, 0.05) is 6.54 Å². The molecule has 0 bridgehead atoms. The predicted molar refractivity (Wildman–Crippen MR) is 95.4 cm³/mol. The first-order valence-electron chi connectivity index (χ1n) is 8.73. The van der Waals surface area contributed by atoms with Gasteiger partial charge in [0.25, 0.3) is 0 Å². The Balaban J connectivity index is 1.56. The van der Waals surface area contributed by atoms with E-state index in [2.05, 4.69) is 19.1 Å². The quantitative estimate of drug-likeness (QED) is 0.797. The van der Waals surface area contributed by atoms with Crippen LogP contribution in [0, 0.1) is 5.92 Å². The van der Waals surface area contributed by atoms with Gasteiger partial charge in [0.1, 0.15) is 0 Å². The monoisotopic (exact) mass is 323 g/mol. The second-order valence-corrected chi connectivity index (χ2v) is 6.46. The molecule has 0 N–H and O–H groups in total. The van der Waals surface area contributed by atoms with Crippen LogP contribution in [0.15, 0.2) is 60.7 Å². The van der Waals surface area contributed by atoms with Gasteiger partial charge in [0.05, 0.1) is 25.2 Å². The van der Waals surface area contributed by atoms with Crippen LogP contribution in [0.3, 0.4) is 0 Å². The maximum Gasteiger partial charge on any atom is 0.228 e. The van der Waals surface area contributed by atoms with E-state index in [4.69, 9.17) is 4.74 Å². The number of amides is 1. The highest BCUT2D eigenvalue weighted by Gasteiger charge is 2.32. The molecule has 1 aliphatic heterocycles. The van der Waals surface area contributed by atoms with E-state index in [0.717, 1.165) is 24.9 Å². The summed E-state index contributed by atoms with van der Waals surface area (Å²) in [6, 6.07) is 20.5. The van der Waals surface area contributed by atoms with Crippen molar-refractivity contribution in [3.63, 3.8) is 0 Å². The van der Waals surface area contributed by atoms with E-state index in [0.29, 0.717) is 13.2 Å². The molecule has 0 radical (unpaired) electrons. The zero-order chi connectivity index (χ0) is 16.8. The van der Waals surface area contributed by atoms with Crippen LogP contribution in [0.25, 0.3) is 0 Å². The normalized spacial score (nSPS) is 19.3. The molecule has 1 amide bonds. The molecule has 3 rings (SSSR count). The lowest BCUT2D eigenvalue weighted by atomic mass is 9.95. The first-order chi connectivity index (χ1) is 11.8. The molecule has 0 unspecified atom stereocenters. The molecule has 2 atom stereocenters. The Morgan fingerprint density at radius 3 is 2.46 bits per heavy atom. The molecule has 1 aliphatic rings. The second kappa shape index (κ2) is 8.11. The number of nitrogens with zero attached hydrogens (tertiary/aromatic N) is 1. The molecule has 3 nitrogen and oxygen atoms in total. The Hall–Kier alpha value is -2.13. The largest absolute Gasteiger partial charge is 0.376 e. The fourth-order valence-electron chi connectivity index (χ4n) is 3.32. The lowest BCUT2D eigenvalue weighted by Gasteiger charge is -2.36. The fourth-order valence-corrected chi connectivity index (χ4v) is 3.32. The van der Waals surface area contributed by atoms with Crippen molar-refractivity contribution in [2.75, 3.05) is 13.2 Å². The number of carbonyl (C=O) groups excluding carboxylic acids is 1. The zero-order valence-corrected chi connectivity index (χ0v) is 14.2. The third-order valence-electron chi connectivity index (χ3n) is 4.76. The molecule has 0 aliphatic carbocycles. The average Bonchev–Trinajstić information content (AvgIpc) is 2.64. The van der Waals surface area contributed by atoms with Crippen LogP contribution in [0.1, 0.15) is 36.9 Å². The molecule has 2 aromatic rings. The summed E-state index contributed by atoms with van der Waals surface area (Å²) >= 11 is 0. The van der Waals surface area contributed by atoms with Crippen LogP contribution in [0.2, 0.25) is 0 Å². The van der Waals surface area contributed by atoms with E-state index < -0.39 is 0 Å². The number of hydrogen-bond donors (Lipinski definition) is 0. The summed E-state index contributed by atoms with van der Waals surface area (Å²) in [5.41, 5.74) is 2.34. The van der Waals surface area contributed by atoms with Gasteiger partial charge in [-0.15, -0.1) is 0 Å². The smallest absolute Gasteiger partial charge is 0.228 e. The molecule has 0 saturated carbocycles. The number of benzene rings is 2. The first kappa shape index (κ1) is 16.7. The van der Waals surface area contributed by atoms with Crippen molar-refractivity contribution in [3.8, 4) is 0 Å². The summed E-state index contributed by atoms with van der Waals surface area (Å²) < 4.78 is 5.82. The zero-order valence-electron chi connectivity index (χ0n) is 14.2. The summed E-state index contributed by atoms with van der Waals surface area (Å²) in [6.45, 7) is 4.02. The SMILES string of the molecule is C[C@H](c1ccccc1)N1CCC[C@H](COCc2ccccc2)C1=O. The predicted octanol–water partition coefficient (Wildman–Crippen LogP) is 4.20. The van der Waals surface area contributed by atoms with Crippen molar-refractivity contribution in [1.29, 1.82) is 0 Å². The van der Waals surface area contributed by atoms with Gasteiger partial charge in [0.15, 0.2) is 0 Å². The summed E-state index contributed by atoms with van der Waals surface area (Å²) in [4.78, 5) is 14.8. The lowest BCUT2D eigenvalue weighted by molar-refractivity contribution is -0.143. The van der Waals surface area contributed by atoms with Crippen LogP contribution in [-0.4, -0.2) is 24.0 Å². The van der Waals surface area contributed by atoms with Gasteiger partial charge in [-0.1, -0.05) is 60.7 Å². The van der Waals surface area contributed by atoms with Gasteiger partial charge in [-0.2, -0.15) is 0 Å². The number of piperidine rings is 1. The number of likely N-dealkylation sites (tertiary alicyclic amines) is 1. The van der Waals surface area contributed by atoms with Crippen LogP contribution in [0.4, 0.5) is 0 Å². The van der Waals surface area contributed by atoms with Gasteiger partial charge < -0.3 is 9.64 Å². The molecule has 24 heavy (non-hydrogen) atoms. The summed E-state index contributed by atoms with van der Waals surface area (Å²) in [5, 5.41) is 0. The third-order valence-corrected chi connectivity index (χ3v) is 4.76. The molecule has 126 valence electrons. The van der Waals surface area contributed by atoms with E-state index >= 15 is 0 Å². The maximum atomic E-state index is 12.8. The van der Waals surface area contributed by atoms with Gasteiger partial charge in [-0.25, -0.2) is 0 Å². The highest BCUT2D eigenvalue weighted by Crippen LogP contribution is 2.28. The van der Waals surface area contributed by atoms with E-state index in [9.17, 15) is 4.79 Å². The van der Waals surface area contributed by atoms with Crippen LogP contribution < -0.4 is 0 Å². The van der Waals surface area contributed by atoms with Gasteiger partial charge in [0.2, 0.25) is 5.91 Å². The van der Waals surface area contributed by atoms with Crippen molar-refractivity contribution in [2.24, 2.45) is 5.92 Å². The Morgan fingerprint density at radius 1 is 1.08 bits per heavy atom. The summed E-state index contributed by atoms with van der Waals surface area (Å²) in [5.74, 6) is 0.208. The summed E-state index contributed by atoms with van der Waals surface area (Å²) in [6.07, 6.45) is 1.97. The summed E-state index contributed by atoms with van der Waals surface area (Å²) in [7, 11) is 0. The number of ether oxygens (including phenoxy) is 1. The molecule has 1 saturated heterocycles. The molecule has 2 aromatic carbocycles. The van der Waals surface area contributed by atoms with E-state index in [1.807, 2.05) is 53.4 Å².